The number of aromatic nitrogens is 5. The standard InChI is InChI=1S/C16H13ClN6O2S2/c1-22-8-19-21-16(22)27-12-3-2-9(17)6-11(12)20-13(24)10-7-18-15-23(14(10)25)4-5-26-15/h2-3,6-8H,4-5H2,1H3,(H,20,24). The van der Waals surface area contributed by atoms with E-state index in [-0.39, 0.29) is 11.1 Å². The molecule has 1 aliphatic heterocycles. The van der Waals surface area contributed by atoms with Gasteiger partial charge >= 0.3 is 0 Å². The van der Waals surface area contributed by atoms with Crippen LogP contribution in [0.3, 0.4) is 0 Å². The zero-order valence-electron chi connectivity index (χ0n) is 14.0. The number of thioether (sulfide) groups is 1. The molecule has 11 heteroatoms. The van der Waals surface area contributed by atoms with Crippen LogP contribution in [-0.4, -0.2) is 36.0 Å². The number of hydrogen-bond acceptors (Lipinski definition) is 7. The van der Waals surface area contributed by atoms with Gasteiger partial charge in [0.05, 0.1) is 5.69 Å². The molecule has 1 aromatic carbocycles. The number of carbonyl (C=O) groups is 1. The fourth-order valence-corrected chi connectivity index (χ4v) is 4.43. The minimum absolute atomic E-state index is 0.00386. The molecule has 0 saturated heterocycles. The first-order valence-corrected chi connectivity index (χ1v) is 10.1. The summed E-state index contributed by atoms with van der Waals surface area (Å²) in [5.41, 5.74) is 0.141. The lowest BCUT2D eigenvalue weighted by Gasteiger charge is -2.11. The van der Waals surface area contributed by atoms with Gasteiger partial charge in [0.25, 0.3) is 11.5 Å². The van der Waals surface area contributed by atoms with Gasteiger partial charge < -0.3 is 9.88 Å². The summed E-state index contributed by atoms with van der Waals surface area (Å²) in [6.45, 7) is 0.553. The van der Waals surface area contributed by atoms with E-state index in [4.69, 9.17) is 11.6 Å². The second-order valence-electron chi connectivity index (χ2n) is 5.68. The summed E-state index contributed by atoms with van der Waals surface area (Å²) in [5, 5.41) is 12.4. The van der Waals surface area contributed by atoms with Gasteiger partial charge in [0, 0.05) is 35.5 Å². The molecule has 0 spiro atoms. The quantitative estimate of drug-likeness (QED) is 0.648. The first-order chi connectivity index (χ1) is 13.0. The van der Waals surface area contributed by atoms with Crippen molar-refractivity contribution in [2.75, 3.05) is 11.1 Å². The number of halogens is 1. The molecule has 1 N–H and O–H groups in total. The SMILES string of the molecule is Cn1cnnc1Sc1ccc(Cl)cc1NC(=O)c1cnc2n(c1=O)CCS2. The summed E-state index contributed by atoms with van der Waals surface area (Å²) in [4.78, 5) is 30.2. The molecule has 2 aromatic heterocycles. The van der Waals surface area contributed by atoms with Crippen molar-refractivity contribution in [3.8, 4) is 0 Å². The van der Waals surface area contributed by atoms with Crippen LogP contribution in [0, 0.1) is 0 Å². The zero-order valence-corrected chi connectivity index (χ0v) is 16.4. The Hall–Kier alpha value is -2.30. The van der Waals surface area contributed by atoms with E-state index in [1.807, 2.05) is 7.05 Å². The van der Waals surface area contributed by atoms with Crippen LogP contribution >= 0.6 is 35.1 Å². The van der Waals surface area contributed by atoms with Crippen molar-refractivity contribution in [2.45, 2.75) is 21.8 Å². The van der Waals surface area contributed by atoms with E-state index in [0.717, 1.165) is 10.6 Å². The van der Waals surface area contributed by atoms with Gasteiger partial charge in [-0.25, -0.2) is 4.98 Å². The molecule has 3 heterocycles. The van der Waals surface area contributed by atoms with Crippen LogP contribution < -0.4 is 10.9 Å². The zero-order chi connectivity index (χ0) is 19.0. The number of nitrogens with zero attached hydrogens (tertiary/aromatic N) is 5. The van der Waals surface area contributed by atoms with Crippen molar-refractivity contribution in [2.24, 2.45) is 7.05 Å². The van der Waals surface area contributed by atoms with Crippen LogP contribution in [-0.2, 0) is 13.6 Å². The number of anilines is 1. The van der Waals surface area contributed by atoms with E-state index in [0.29, 0.717) is 27.6 Å². The smallest absolute Gasteiger partial charge is 0.267 e. The van der Waals surface area contributed by atoms with E-state index >= 15 is 0 Å². The Balaban J connectivity index is 1.64. The molecule has 0 bridgehead atoms. The number of benzene rings is 1. The molecule has 1 aliphatic rings. The summed E-state index contributed by atoms with van der Waals surface area (Å²) >= 11 is 8.92. The Bertz CT molecular complexity index is 1100. The van der Waals surface area contributed by atoms with Crippen molar-refractivity contribution in [3.05, 3.63) is 51.7 Å². The Morgan fingerprint density at radius 3 is 3.04 bits per heavy atom. The minimum Gasteiger partial charge on any atom is -0.321 e. The van der Waals surface area contributed by atoms with E-state index in [9.17, 15) is 9.59 Å². The van der Waals surface area contributed by atoms with Crippen molar-refractivity contribution in [1.29, 1.82) is 0 Å². The highest BCUT2D eigenvalue weighted by Gasteiger charge is 2.21. The summed E-state index contributed by atoms with van der Waals surface area (Å²) in [6, 6.07) is 5.13. The monoisotopic (exact) mass is 420 g/mol. The second-order valence-corrected chi connectivity index (χ2v) is 8.19. The fourth-order valence-electron chi connectivity index (χ4n) is 2.52. The van der Waals surface area contributed by atoms with Crippen LogP contribution in [0.4, 0.5) is 5.69 Å². The molecule has 0 unspecified atom stereocenters. The highest BCUT2D eigenvalue weighted by Crippen LogP contribution is 2.34. The van der Waals surface area contributed by atoms with E-state index in [2.05, 4.69) is 20.5 Å². The summed E-state index contributed by atoms with van der Waals surface area (Å²) in [7, 11) is 1.83. The molecule has 138 valence electrons. The van der Waals surface area contributed by atoms with Gasteiger partial charge in [0.1, 0.15) is 11.9 Å². The number of amides is 1. The Morgan fingerprint density at radius 1 is 1.41 bits per heavy atom. The van der Waals surface area contributed by atoms with Crippen molar-refractivity contribution >= 4 is 46.7 Å². The van der Waals surface area contributed by atoms with E-state index in [1.54, 1.807) is 29.1 Å². The van der Waals surface area contributed by atoms with Crippen LogP contribution in [0.5, 0.6) is 0 Å². The van der Waals surface area contributed by atoms with Gasteiger partial charge in [-0.2, -0.15) is 0 Å². The predicted octanol–water partition coefficient (Wildman–Crippen LogP) is 2.53. The van der Waals surface area contributed by atoms with Gasteiger partial charge in [-0.3, -0.25) is 14.2 Å². The molecule has 0 atom stereocenters. The topological polar surface area (TPSA) is 94.7 Å². The fraction of sp³-hybridized carbons (Fsp3) is 0.188. The maximum Gasteiger partial charge on any atom is 0.267 e. The van der Waals surface area contributed by atoms with Gasteiger partial charge in [0.15, 0.2) is 10.3 Å². The Morgan fingerprint density at radius 2 is 2.26 bits per heavy atom. The molecule has 1 amide bonds. The Labute approximate surface area is 167 Å². The van der Waals surface area contributed by atoms with Crippen molar-refractivity contribution in [3.63, 3.8) is 0 Å². The van der Waals surface area contributed by atoms with Gasteiger partial charge in [-0.15, -0.1) is 10.2 Å². The third-order valence-corrected chi connectivity index (χ3v) is 6.20. The number of rotatable bonds is 4. The third-order valence-electron chi connectivity index (χ3n) is 3.86. The van der Waals surface area contributed by atoms with Gasteiger partial charge in [-0.05, 0) is 30.0 Å². The number of hydrogen-bond donors (Lipinski definition) is 1. The number of nitrogens with one attached hydrogen (secondary N) is 1. The van der Waals surface area contributed by atoms with Crippen molar-refractivity contribution < 1.29 is 4.79 Å². The summed E-state index contributed by atoms with van der Waals surface area (Å²) in [6.07, 6.45) is 2.91. The highest BCUT2D eigenvalue weighted by atomic mass is 35.5. The molecular formula is C16H13ClN6O2S2. The summed E-state index contributed by atoms with van der Waals surface area (Å²) < 4.78 is 3.28. The average molecular weight is 421 g/mol. The molecule has 3 aromatic rings. The maximum absolute atomic E-state index is 12.7. The lowest BCUT2D eigenvalue weighted by molar-refractivity contribution is 0.102. The largest absolute Gasteiger partial charge is 0.321 e. The van der Waals surface area contributed by atoms with Crippen molar-refractivity contribution in [1.82, 2.24) is 24.3 Å². The minimum atomic E-state index is -0.526. The molecule has 4 rings (SSSR count). The van der Waals surface area contributed by atoms with Gasteiger partial charge in [0.2, 0.25) is 0 Å². The van der Waals surface area contributed by atoms with Crippen LogP contribution in [0.15, 0.2) is 50.7 Å². The lowest BCUT2D eigenvalue weighted by atomic mass is 10.2. The lowest BCUT2D eigenvalue weighted by Crippen LogP contribution is -2.29. The molecule has 0 fully saturated rings. The molecule has 0 radical (unpaired) electrons. The second kappa shape index (κ2) is 7.37. The van der Waals surface area contributed by atoms with Gasteiger partial charge in [-0.1, -0.05) is 23.4 Å². The summed E-state index contributed by atoms with van der Waals surface area (Å²) in [5.74, 6) is 0.252. The highest BCUT2D eigenvalue weighted by molar-refractivity contribution is 7.99. The molecule has 8 nitrogen and oxygen atoms in total. The van der Waals surface area contributed by atoms with Crippen LogP contribution in [0.25, 0.3) is 0 Å². The predicted molar refractivity (Wildman–Crippen MR) is 104 cm³/mol. The average Bonchev–Trinajstić information content (AvgIpc) is 3.27. The van der Waals surface area contributed by atoms with Crippen LogP contribution in [0.1, 0.15) is 10.4 Å². The van der Waals surface area contributed by atoms with E-state index < -0.39 is 5.91 Å². The molecular weight excluding hydrogens is 408 g/mol. The molecule has 0 aliphatic carbocycles. The number of carbonyl (C=O) groups excluding carboxylic acids is 1. The first-order valence-electron chi connectivity index (χ1n) is 7.88. The van der Waals surface area contributed by atoms with E-state index in [1.165, 1.54) is 34.3 Å². The maximum atomic E-state index is 12.7. The van der Waals surface area contributed by atoms with Crippen LogP contribution in [0.2, 0.25) is 5.02 Å². The first kappa shape index (κ1) is 18.1. The Kier molecular flexibility index (Phi) is 4.94. The number of aryl methyl sites for hydroxylation is 1. The normalized spacial score (nSPS) is 12.8. The third kappa shape index (κ3) is 3.60. The molecule has 27 heavy (non-hydrogen) atoms. The molecule has 0 saturated carbocycles. The number of fused-ring (bicyclic) bond motifs is 1.